The van der Waals surface area contributed by atoms with Crippen molar-refractivity contribution in [1.82, 2.24) is 0 Å². The van der Waals surface area contributed by atoms with Crippen LogP contribution < -0.4 is 10.6 Å². The summed E-state index contributed by atoms with van der Waals surface area (Å²) in [6.45, 7) is 0. The molecule has 37 heavy (non-hydrogen) atoms. The van der Waals surface area contributed by atoms with Gasteiger partial charge in [0.15, 0.2) is 34.7 Å². The molecule has 0 heterocycles. The number of ketones is 4. The minimum absolute atomic E-state index is 0.0307. The van der Waals surface area contributed by atoms with Gasteiger partial charge in [-0.1, -0.05) is 12.1 Å². The van der Waals surface area contributed by atoms with E-state index in [1.165, 1.54) is 12.1 Å². The molecule has 3 aliphatic rings. The third-order valence-corrected chi connectivity index (χ3v) is 8.02. The van der Waals surface area contributed by atoms with Crippen LogP contribution in [0.3, 0.4) is 0 Å². The predicted octanol–water partition coefficient (Wildman–Crippen LogP) is 0.765. The van der Waals surface area contributed by atoms with Gasteiger partial charge in [-0.2, -0.15) is 0 Å². The summed E-state index contributed by atoms with van der Waals surface area (Å²) in [4.78, 5) is 66.7. The summed E-state index contributed by atoms with van der Waals surface area (Å²) >= 11 is 0. The number of aliphatic hydroxyl groups is 1. The van der Waals surface area contributed by atoms with E-state index in [2.05, 4.69) is 0 Å². The zero-order valence-electron chi connectivity index (χ0n) is 20.2. The van der Waals surface area contributed by atoms with Crippen LogP contribution in [-0.4, -0.2) is 64.1 Å². The average Bonchev–Trinajstić information content (AvgIpc) is 2.81. The molecule has 0 radical (unpaired) electrons. The molecule has 2 aromatic rings. The summed E-state index contributed by atoms with van der Waals surface area (Å²) in [5.41, 5.74) is 4.28. The smallest absolute Gasteiger partial charge is 0.235 e. The quantitative estimate of drug-likeness (QED) is 0.438. The first-order chi connectivity index (χ1) is 17.4. The summed E-state index contributed by atoms with van der Waals surface area (Å²) in [6.07, 6.45) is -0.163. The molecule has 2 aromatic carbocycles. The van der Waals surface area contributed by atoms with Crippen LogP contribution >= 0.6 is 0 Å². The first-order valence-electron chi connectivity index (χ1n) is 11.9. The number of primary amides is 1. The monoisotopic (exact) mass is 506 g/mol. The average molecular weight is 507 g/mol. The van der Waals surface area contributed by atoms with Gasteiger partial charge in [-0.05, 0) is 48.1 Å². The van der Waals surface area contributed by atoms with Crippen molar-refractivity contribution in [1.29, 1.82) is 0 Å². The number of anilines is 1. The van der Waals surface area contributed by atoms with E-state index in [4.69, 9.17) is 5.73 Å². The Morgan fingerprint density at radius 3 is 2.38 bits per heavy atom. The van der Waals surface area contributed by atoms with Crippen molar-refractivity contribution in [2.45, 2.75) is 24.9 Å². The number of hydrogen-bond donors (Lipinski definition) is 4. The zero-order valence-corrected chi connectivity index (χ0v) is 20.2. The molecule has 2 fully saturated rings. The number of nitrogens with zero attached hydrogens (tertiary/aromatic N) is 1. The highest BCUT2D eigenvalue weighted by molar-refractivity contribution is 6.31. The van der Waals surface area contributed by atoms with Crippen LogP contribution in [0.4, 0.5) is 5.69 Å². The molecule has 0 saturated heterocycles. The van der Waals surface area contributed by atoms with Crippen molar-refractivity contribution < 1.29 is 39.3 Å². The van der Waals surface area contributed by atoms with Crippen molar-refractivity contribution in [3.05, 3.63) is 41.5 Å². The third kappa shape index (κ3) is 3.39. The summed E-state index contributed by atoms with van der Waals surface area (Å²) in [7, 11) is 3.53. The summed E-state index contributed by atoms with van der Waals surface area (Å²) in [5, 5.41) is 32.5. The molecule has 1 amide bonds. The molecule has 5 atom stereocenters. The maximum absolute atomic E-state index is 13.9. The van der Waals surface area contributed by atoms with Crippen LogP contribution in [0, 0.1) is 23.7 Å². The van der Waals surface area contributed by atoms with Crippen molar-refractivity contribution in [2.24, 2.45) is 29.4 Å². The second kappa shape index (κ2) is 8.24. The van der Waals surface area contributed by atoms with E-state index >= 15 is 0 Å². The molecule has 10 heteroatoms. The van der Waals surface area contributed by atoms with E-state index in [-0.39, 0.29) is 41.9 Å². The zero-order chi connectivity index (χ0) is 27.0. The number of fused-ring (bicyclic) bond motifs is 3. The number of benzene rings is 2. The number of phenolic OH excluding ortho intramolecular Hbond substituents is 2. The van der Waals surface area contributed by atoms with E-state index in [9.17, 15) is 39.3 Å². The van der Waals surface area contributed by atoms with Crippen LogP contribution in [-0.2, 0) is 25.6 Å². The number of amides is 1. The molecule has 3 aliphatic carbocycles. The third-order valence-electron chi connectivity index (χ3n) is 8.02. The highest BCUT2D eigenvalue weighted by atomic mass is 16.3. The van der Waals surface area contributed by atoms with E-state index < -0.39 is 58.3 Å². The largest absolute Gasteiger partial charge is 0.508 e. The summed E-state index contributed by atoms with van der Waals surface area (Å²) in [5.74, 6) is -10.6. The minimum atomic E-state index is -2.69. The number of hydrogen-bond acceptors (Lipinski definition) is 9. The Labute approximate surface area is 211 Å². The van der Waals surface area contributed by atoms with Crippen LogP contribution in [0.1, 0.15) is 28.8 Å². The Kier molecular flexibility index (Phi) is 5.49. The highest BCUT2D eigenvalue weighted by Crippen LogP contribution is 2.52. The molecule has 2 unspecified atom stereocenters. The number of rotatable bonds is 3. The molecular formula is C27H26N2O8. The van der Waals surface area contributed by atoms with E-state index in [0.29, 0.717) is 16.8 Å². The Hall–Kier alpha value is -4.05. The van der Waals surface area contributed by atoms with Crippen LogP contribution in [0.15, 0.2) is 30.3 Å². The number of Topliss-reactive ketones (excluding diaryl/α,β-unsaturated/α-hetero) is 4. The number of nitrogens with two attached hydrogens (primary N) is 1. The topological polar surface area (TPSA) is 175 Å². The highest BCUT2D eigenvalue weighted by Gasteiger charge is 2.66. The van der Waals surface area contributed by atoms with Gasteiger partial charge in [-0.15, -0.1) is 0 Å². The molecule has 5 N–H and O–H groups in total. The predicted molar refractivity (Wildman–Crippen MR) is 130 cm³/mol. The second-order valence-electron chi connectivity index (χ2n) is 10.3. The summed E-state index contributed by atoms with van der Waals surface area (Å²) in [6, 6.07) is 7.82. The molecule has 0 aromatic heterocycles. The summed E-state index contributed by atoms with van der Waals surface area (Å²) < 4.78 is 0. The van der Waals surface area contributed by atoms with Gasteiger partial charge >= 0.3 is 0 Å². The van der Waals surface area contributed by atoms with Gasteiger partial charge in [0.05, 0.1) is 11.5 Å². The fourth-order valence-electron chi connectivity index (χ4n) is 6.31. The fourth-order valence-corrected chi connectivity index (χ4v) is 6.31. The van der Waals surface area contributed by atoms with Gasteiger partial charge in [0, 0.05) is 37.7 Å². The first kappa shape index (κ1) is 24.6. The van der Waals surface area contributed by atoms with Crippen molar-refractivity contribution >= 4 is 34.7 Å². The van der Waals surface area contributed by atoms with Gasteiger partial charge in [0.25, 0.3) is 0 Å². The lowest BCUT2D eigenvalue weighted by Crippen LogP contribution is -2.68. The van der Waals surface area contributed by atoms with Crippen molar-refractivity contribution in [3.63, 3.8) is 0 Å². The minimum Gasteiger partial charge on any atom is -0.508 e. The molecule has 192 valence electrons. The lowest BCUT2D eigenvalue weighted by Gasteiger charge is -2.48. The van der Waals surface area contributed by atoms with Gasteiger partial charge in [-0.3, -0.25) is 24.0 Å². The van der Waals surface area contributed by atoms with E-state index in [0.717, 1.165) is 0 Å². The standard InChI is InChI=1S/C27H26N2O8/c1-29(2)17-10-15(11-4-3-5-14(30)7-11)22(32)20-16(17)8-12-6-13-9-18(31)21(26(28)36)25(35)27(13,37)24(34)19(12)23(20)33/h3-5,7,10,12-13,19,21,30,32,37H,6,8-9H2,1-2H3,(H2,28,36)/t12-,13+,19?,21?,27+/m1/s1. The van der Waals surface area contributed by atoms with Crippen LogP contribution in [0.25, 0.3) is 11.1 Å². The maximum Gasteiger partial charge on any atom is 0.235 e. The Morgan fingerprint density at radius 2 is 1.76 bits per heavy atom. The van der Waals surface area contributed by atoms with Gasteiger partial charge < -0.3 is 26.0 Å². The van der Waals surface area contributed by atoms with Crippen LogP contribution in [0.2, 0.25) is 0 Å². The molecular weight excluding hydrogens is 480 g/mol. The fraction of sp³-hybridized carbons (Fsp3) is 0.370. The number of carbonyl (C=O) groups is 5. The second-order valence-corrected chi connectivity index (χ2v) is 10.3. The van der Waals surface area contributed by atoms with Crippen molar-refractivity contribution in [2.75, 3.05) is 19.0 Å². The lowest BCUT2D eigenvalue weighted by molar-refractivity contribution is -0.175. The molecule has 10 nitrogen and oxygen atoms in total. The Bertz CT molecular complexity index is 1410. The number of aromatic hydroxyl groups is 2. The van der Waals surface area contributed by atoms with E-state index in [1.54, 1.807) is 37.2 Å². The van der Waals surface area contributed by atoms with Gasteiger partial charge in [0.1, 0.15) is 11.5 Å². The number of phenols is 2. The Balaban J connectivity index is 1.66. The van der Waals surface area contributed by atoms with Gasteiger partial charge in [-0.25, -0.2) is 0 Å². The van der Waals surface area contributed by atoms with E-state index in [1.807, 2.05) is 0 Å². The normalized spacial score (nSPS) is 28.8. The Morgan fingerprint density at radius 1 is 1.05 bits per heavy atom. The SMILES string of the molecule is CN(C)c1cc(-c2cccc(O)c2)c(O)c2c1C[C@H]1C[C@H]3CC(=O)C(C(N)=O)C(=O)[C@@]3(O)C(=O)C1C2=O. The maximum atomic E-state index is 13.9. The molecule has 5 rings (SSSR count). The first-order valence-corrected chi connectivity index (χ1v) is 11.9. The number of carbonyl (C=O) groups excluding carboxylic acids is 5. The van der Waals surface area contributed by atoms with Crippen LogP contribution in [0.5, 0.6) is 11.5 Å². The molecule has 0 bridgehead atoms. The molecule has 2 saturated carbocycles. The molecule has 0 spiro atoms. The molecule has 0 aliphatic heterocycles. The van der Waals surface area contributed by atoms with Crippen molar-refractivity contribution in [3.8, 4) is 22.6 Å². The lowest BCUT2D eigenvalue weighted by atomic mass is 9.53. The van der Waals surface area contributed by atoms with Gasteiger partial charge in [0.2, 0.25) is 5.91 Å².